The van der Waals surface area contributed by atoms with Crippen molar-refractivity contribution < 1.29 is 4.74 Å². The molecular weight excluding hydrogens is 214 g/mol. The first-order valence-corrected chi connectivity index (χ1v) is 5.71. The molecule has 1 aromatic carbocycles. The van der Waals surface area contributed by atoms with E-state index in [0.29, 0.717) is 0 Å². The molecule has 0 aromatic heterocycles. The minimum Gasteiger partial charge on any atom is -0.497 e. The predicted octanol–water partition coefficient (Wildman–Crippen LogP) is 2.03. The Balaban J connectivity index is 2.75. The van der Waals surface area contributed by atoms with Gasteiger partial charge in [-0.05, 0) is 40.1 Å². The van der Waals surface area contributed by atoms with Gasteiger partial charge in [-0.2, -0.15) is 0 Å². The number of nitrogen functional groups attached to an aromatic ring is 1. The minimum atomic E-state index is 0.0650. The molecule has 1 aromatic rings. The third kappa shape index (κ3) is 3.53. The lowest BCUT2D eigenvalue weighted by molar-refractivity contribution is 0.210. The fraction of sp³-hybridized carbons (Fsp3) is 0.538. The summed E-state index contributed by atoms with van der Waals surface area (Å²) in [6.07, 6.45) is 0. The number of anilines is 2. The fourth-order valence-electron chi connectivity index (χ4n) is 1.29. The number of rotatable bonds is 5. The van der Waals surface area contributed by atoms with Crippen LogP contribution in [-0.4, -0.2) is 38.2 Å². The summed E-state index contributed by atoms with van der Waals surface area (Å²) in [6, 6.07) is 5.63. The maximum absolute atomic E-state index is 5.92. The monoisotopic (exact) mass is 237 g/mol. The molecule has 17 heavy (non-hydrogen) atoms. The first-order chi connectivity index (χ1) is 7.86. The quantitative estimate of drug-likeness (QED) is 0.769. The van der Waals surface area contributed by atoms with Gasteiger partial charge in [-0.15, -0.1) is 0 Å². The first-order valence-electron chi connectivity index (χ1n) is 5.71. The highest BCUT2D eigenvalue weighted by atomic mass is 16.5. The van der Waals surface area contributed by atoms with Crippen LogP contribution in [0.4, 0.5) is 11.4 Å². The van der Waals surface area contributed by atoms with E-state index in [4.69, 9.17) is 10.5 Å². The average Bonchev–Trinajstić information content (AvgIpc) is 2.28. The second-order valence-electron chi connectivity index (χ2n) is 5.01. The molecule has 0 spiro atoms. The molecule has 0 atom stereocenters. The summed E-state index contributed by atoms with van der Waals surface area (Å²) in [5.74, 6) is 0.810. The zero-order valence-corrected chi connectivity index (χ0v) is 11.4. The van der Waals surface area contributed by atoms with Gasteiger partial charge in [0.25, 0.3) is 0 Å². The Hall–Kier alpha value is -1.42. The van der Waals surface area contributed by atoms with Crippen molar-refractivity contribution in [1.82, 2.24) is 4.90 Å². The van der Waals surface area contributed by atoms with Crippen molar-refractivity contribution >= 4 is 11.4 Å². The van der Waals surface area contributed by atoms with Crippen molar-refractivity contribution in [2.75, 3.05) is 38.8 Å². The molecular formula is C13H23N3O. The molecule has 4 heteroatoms. The molecule has 0 saturated carbocycles. The maximum atomic E-state index is 5.92. The lowest BCUT2D eigenvalue weighted by Gasteiger charge is -2.33. The Labute approximate surface area is 104 Å². The van der Waals surface area contributed by atoms with Gasteiger partial charge in [-0.1, -0.05) is 0 Å². The number of benzene rings is 1. The van der Waals surface area contributed by atoms with Gasteiger partial charge >= 0.3 is 0 Å². The van der Waals surface area contributed by atoms with Crippen molar-refractivity contribution in [1.29, 1.82) is 0 Å². The van der Waals surface area contributed by atoms with Crippen LogP contribution in [0.1, 0.15) is 13.8 Å². The Bertz CT molecular complexity index is 375. The highest BCUT2D eigenvalue weighted by Crippen LogP contribution is 2.25. The lowest BCUT2D eigenvalue weighted by atomic mass is 10.0. The second-order valence-corrected chi connectivity index (χ2v) is 5.01. The zero-order valence-electron chi connectivity index (χ0n) is 11.4. The summed E-state index contributed by atoms with van der Waals surface area (Å²) < 4.78 is 5.18. The highest BCUT2D eigenvalue weighted by molar-refractivity contribution is 5.68. The molecule has 4 nitrogen and oxygen atoms in total. The van der Waals surface area contributed by atoms with Crippen LogP contribution in [0.2, 0.25) is 0 Å². The first kappa shape index (κ1) is 13.6. The largest absolute Gasteiger partial charge is 0.497 e. The molecule has 0 heterocycles. The van der Waals surface area contributed by atoms with E-state index in [-0.39, 0.29) is 5.54 Å². The fourth-order valence-corrected chi connectivity index (χ4v) is 1.29. The highest BCUT2D eigenvalue weighted by Gasteiger charge is 2.20. The molecule has 0 saturated heterocycles. The lowest BCUT2D eigenvalue weighted by Crippen LogP contribution is -2.44. The van der Waals surface area contributed by atoms with E-state index in [9.17, 15) is 0 Å². The molecule has 0 bridgehead atoms. The standard InChI is InChI=1S/C13H23N3O/c1-13(2,16(3)4)9-15-12-8-10(17-5)6-7-11(12)14/h6-8,15H,9,14H2,1-5H3. The van der Waals surface area contributed by atoms with Gasteiger partial charge in [-0.25, -0.2) is 0 Å². The van der Waals surface area contributed by atoms with Gasteiger partial charge in [0.1, 0.15) is 5.75 Å². The minimum absolute atomic E-state index is 0.0650. The SMILES string of the molecule is COc1ccc(N)c(NCC(C)(C)N(C)C)c1. The topological polar surface area (TPSA) is 50.5 Å². The number of hydrogen-bond donors (Lipinski definition) is 2. The average molecular weight is 237 g/mol. The number of nitrogens with zero attached hydrogens (tertiary/aromatic N) is 1. The van der Waals surface area contributed by atoms with Crippen LogP contribution in [0, 0.1) is 0 Å². The van der Waals surface area contributed by atoms with Gasteiger partial charge < -0.3 is 20.7 Å². The maximum Gasteiger partial charge on any atom is 0.121 e. The van der Waals surface area contributed by atoms with E-state index in [1.807, 2.05) is 18.2 Å². The summed E-state index contributed by atoms with van der Waals surface area (Å²) in [6.45, 7) is 5.17. The van der Waals surface area contributed by atoms with Gasteiger partial charge in [0, 0.05) is 18.2 Å². The number of nitrogens with one attached hydrogen (secondary N) is 1. The number of methoxy groups -OCH3 is 1. The molecule has 0 aliphatic carbocycles. The summed E-state index contributed by atoms with van der Waals surface area (Å²) in [5.41, 5.74) is 7.64. The van der Waals surface area contributed by atoms with Crippen LogP contribution < -0.4 is 15.8 Å². The van der Waals surface area contributed by atoms with E-state index < -0.39 is 0 Å². The summed E-state index contributed by atoms with van der Waals surface area (Å²) in [7, 11) is 5.78. The zero-order chi connectivity index (χ0) is 13.1. The van der Waals surface area contributed by atoms with Crippen LogP contribution >= 0.6 is 0 Å². The Morgan fingerprint density at radius 2 is 2.00 bits per heavy atom. The van der Waals surface area contributed by atoms with Crippen LogP contribution in [0.3, 0.4) is 0 Å². The molecule has 96 valence electrons. The molecule has 1 rings (SSSR count). The second kappa shape index (κ2) is 5.27. The Morgan fingerprint density at radius 1 is 1.35 bits per heavy atom. The number of likely N-dealkylation sites (N-methyl/N-ethyl adjacent to an activating group) is 1. The van der Waals surface area contributed by atoms with Gasteiger partial charge in [0.2, 0.25) is 0 Å². The number of nitrogens with two attached hydrogens (primary N) is 1. The van der Waals surface area contributed by atoms with E-state index >= 15 is 0 Å². The predicted molar refractivity (Wildman–Crippen MR) is 73.7 cm³/mol. The molecule has 0 aliphatic heterocycles. The van der Waals surface area contributed by atoms with Crippen LogP contribution in [0.25, 0.3) is 0 Å². The summed E-state index contributed by atoms with van der Waals surface area (Å²) in [4.78, 5) is 2.18. The molecule has 0 aliphatic rings. The smallest absolute Gasteiger partial charge is 0.121 e. The molecule has 0 radical (unpaired) electrons. The molecule has 0 fully saturated rings. The third-order valence-corrected chi connectivity index (χ3v) is 3.18. The summed E-state index contributed by atoms with van der Waals surface area (Å²) in [5, 5.41) is 3.36. The van der Waals surface area contributed by atoms with Crippen molar-refractivity contribution in [3.05, 3.63) is 18.2 Å². The van der Waals surface area contributed by atoms with Crippen molar-refractivity contribution in [2.24, 2.45) is 0 Å². The molecule has 3 N–H and O–H groups in total. The van der Waals surface area contributed by atoms with Crippen LogP contribution in [0.5, 0.6) is 5.75 Å². The Morgan fingerprint density at radius 3 is 2.53 bits per heavy atom. The van der Waals surface area contributed by atoms with Crippen molar-refractivity contribution in [3.63, 3.8) is 0 Å². The van der Waals surface area contributed by atoms with Gasteiger partial charge in [-0.3, -0.25) is 0 Å². The van der Waals surface area contributed by atoms with Crippen LogP contribution in [0.15, 0.2) is 18.2 Å². The van der Waals surface area contributed by atoms with E-state index in [2.05, 4.69) is 38.2 Å². The van der Waals surface area contributed by atoms with Crippen molar-refractivity contribution in [2.45, 2.75) is 19.4 Å². The summed E-state index contributed by atoms with van der Waals surface area (Å²) >= 11 is 0. The Kier molecular flexibility index (Phi) is 4.23. The normalized spacial score (nSPS) is 11.6. The van der Waals surface area contributed by atoms with Crippen molar-refractivity contribution in [3.8, 4) is 5.75 Å². The van der Waals surface area contributed by atoms with E-state index in [1.54, 1.807) is 7.11 Å². The third-order valence-electron chi connectivity index (χ3n) is 3.18. The van der Waals surface area contributed by atoms with E-state index in [1.165, 1.54) is 0 Å². The van der Waals surface area contributed by atoms with Gasteiger partial charge in [0.05, 0.1) is 18.5 Å². The molecule has 0 amide bonds. The van der Waals surface area contributed by atoms with Gasteiger partial charge in [0.15, 0.2) is 0 Å². The van der Waals surface area contributed by atoms with Crippen LogP contribution in [-0.2, 0) is 0 Å². The number of hydrogen-bond acceptors (Lipinski definition) is 4. The number of ether oxygens (including phenoxy) is 1. The van der Waals surface area contributed by atoms with E-state index in [0.717, 1.165) is 23.7 Å². The molecule has 0 unspecified atom stereocenters.